The van der Waals surface area contributed by atoms with E-state index in [0.717, 1.165) is 0 Å². The zero-order chi connectivity index (χ0) is 13.8. The summed E-state index contributed by atoms with van der Waals surface area (Å²) in [5.41, 5.74) is 2.11. The van der Waals surface area contributed by atoms with Gasteiger partial charge in [0.05, 0.1) is 0 Å². The van der Waals surface area contributed by atoms with Crippen molar-refractivity contribution < 1.29 is 0 Å². The van der Waals surface area contributed by atoms with E-state index < -0.39 is 0 Å². The van der Waals surface area contributed by atoms with E-state index in [2.05, 4.69) is 45.5 Å². The molecule has 1 saturated heterocycles. The largest absolute Gasteiger partial charge is 0.316 e. The molecule has 0 amide bonds. The second kappa shape index (κ2) is 6.62. The first-order chi connectivity index (χ1) is 9.80. The number of rotatable bonds is 1. The minimum absolute atomic E-state index is 0.569. The predicted molar refractivity (Wildman–Crippen MR) is 89.1 cm³/mol. The second-order valence-corrected chi connectivity index (χ2v) is 7.60. The summed E-state index contributed by atoms with van der Waals surface area (Å²) < 4.78 is 1.19. The number of hydrogen-bond donors (Lipinski definition) is 1. The molecule has 1 aliphatic carbocycles. The molecular weight excluding hydrogens is 310 g/mol. The first kappa shape index (κ1) is 14.6. The van der Waals surface area contributed by atoms with Crippen LogP contribution in [0.1, 0.15) is 62.8 Å². The molecule has 2 fully saturated rings. The monoisotopic (exact) mass is 335 g/mol. The SMILES string of the molecule is Brc1ccc(C2CNCCC23CCCCCCC3)cc1. The van der Waals surface area contributed by atoms with E-state index in [4.69, 9.17) is 0 Å². The van der Waals surface area contributed by atoms with E-state index in [-0.39, 0.29) is 0 Å². The number of hydrogen-bond acceptors (Lipinski definition) is 1. The molecule has 1 aromatic rings. The molecule has 1 saturated carbocycles. The fourth-order valence-electron chi connectivity index (χ4n) is 4.35. The van der Waals surface area contributed by atoms with Gasteiger partial charge in [-0.1, -0.05) is 60.2 Å². The maximum Gasteiger partial charge on any atom is 0.0175 e. The van der Waals surface area contributed by atoms with Crippen LogP contribution in [0.5, 0.6) is 0 Å². The fraction of sp³-hybridized carbons (Fsp3) is 0.667. The first-order valence-corrected chi connectivity index (χ1v) is 9.06. The highest BCUT2D eigenvalue weighted by molar-refractivity contribution is 9.10. The topological polar surface area (TPSA) is 12.0 Å². The van der Waals surface area contributed by atoms with Gasteiger partial charge in [0.15, 0.2) is 0 Å². The number of benzene rings is 1. The molecule has 1 unspecified atom stereocenters. The Morgan fingerprint density at radius 1 is 0.900 bits per heavy atom. The summed E-state index contributed by atoms with van der Waals surface area (Å²) in [6.07, 6.45) is 11.5. The van der Waals surface area contributed by atoms with Crippen molar-refractivity contribution in [3.63, 3.8) is 0 Å². The number of nitrogens with one attached hydrogen (secondary N) is 1. The van der Waals surface area contributed by atoms with Gasteiger partial charge in [0, 0.05) is 16.9 Å². The van der Waals surface area contributed by atoms with Crippen LogP contribution in [0.25, 0.3) is 0 Å². The summed E-state index contributed by atoms with van der Waals surface area (Å²) in [6.45, 7) is 2.38. The van der Waals surface area contributed by atoms with Crippen molar-refractivity contribution in [1.29, 1.82) is 0 Å². The quantitative estimate of drug-likeness (QED) is 0.738. The van der Waals surface area contributed by atoms with Crippen molar-refractivity contribution in [3.05, 3.63) is 34.3 Å². The van der Waals surface area contributed by atoms with E-state index in [0.29, 0.717) is 11.3 Å². The molecule has 1 heterocycles. The average molecular weight is 336 g/mol. The third-order valence-corrected chi connectivity index (χ3v) is 6.04. The number of halogens is 1. The highest BCUT2D eigenvalue weighted by Crippen LogP contribution is 2.49. The van der Waals surface area contributed by atoms with E-state index in [1.165, 1.54) is 68.9 Å². The van der Waals surface area contributed by atoms with E-state index in [1.807, 2.05) is 0 Å². The van der Waals surface area contributed by atoms with Crippen LogP contribution in [0, 0.1) is 5.41 Å². The third kappa shape index (κ3) is 3.12. The molecule has 1 spiro atoms. The van der Waals surface area contributed by atoms with Crippen LogP contribution < -0.4 is 5.32 Å². The van der Waals surface area contributed by atoms with Crippen molar-refractivity contribution >= 4 is 15.9 Å². The Labute approximate surface area is 131 Å². The molecule has 1 aromatic carbocycles. The molecule has 0 bridgehead atoms. The highest BCUT2D eigenvalue weighted by atomic mass is 79.9. The van der Waals surface area contributed by atoms with Crippen molar-refractivity contribution in [1.82, 2.24) is 5.32 Å². The van der Waals surface area contributed by atoms with Gasteiger partial charge in [0.25, 0.3) is 0 Å². The Bertz CT molecular complexity index is 418. The lowest BCUT2D eigenvalue weighted by Gasteiger charge is -2.46. The van der Waals surface area contributed by atoms with Crippen LogP contribution >= 0.6 is 15.9 Å². The molecule has 0 aromatic heterocycles. The van der Waals surface area contributed by atoms with Gasteiger partial charge in [-0.15, -0.1) is 0 Å². The lowest BCUT2D eigenvalue weighted by molar-refractivity contribution is 0.117. The fourth-order valence-corrected chi connectivity index (χ4v) is 4.61. The van der Waals surface area contributed by atoms with Crippen LogP contribution in [0.15, 0.2) is 28.7 Å². The van der Waals surface area contributed by atoms with Gasteiger partial charge in [-0.3, -0.25) is 0 Å². The lowest BCUT2D eigenvalue weighted by Crippen LogP contribution is -2.44. The Balaban J connectivity index is 1.86. The molecule has 3 rings (SSSR count). The van der Waals surface area contributed by atoms with Crippen LogP contribution in [-0.4, -0.2) is 13.1 Å². The minimum atomic E-state index is 0.569. The van der Waals surface area contributed by atoms with E-state index in [9.17, 15) is 0 Å². The van der Waals surface area contributed by atoms with Gasteiger partial charge in [-0.25, -0.2) is 0 Å². The van der Waals surface area contributed by atoms with E-state index in [1.54, 1.807) is 5.56 Å². The van der Waals surface area contributed by atoms with Crippen LogP contribution in [0.3, 0.4) is 0 Å². The van der Waals surface area contributed by atoms with E-state index >= 15 is 0 Å². The van der Waals surface area contributed by atoms with Gasteiger partial charge in [0.2, 0.25) is 0 Å². The van der Waals surface area contributed by atoms with Crippen molar-refractivity contribution in [3.8, 4) is 0 Å². The maximum absolute atomic E-state index is 3.64. The van der Waals surface area contributed by atoms with Crippen LogP contribution in [0.2, 0.25) is 0 Å². The third-order valence-electron chi connectivity index (χ3n) is 5.51. The zero-order valence-corrected chi connectivity index (χ0v) is 13.9. The molecule has 1 atom stereocenters. The summed E-state index contributed by atoms with van der Waals surface area (Å²) in [5, 5.41) is 3.64. The first-order valence-electron chi connectivity index (χ1n) is 8.26. The lowest BCUT2D eigenvalue weighted by atomic mass is 9.62. The smallest absolute Gasteiger partial charge is 0.0175 e. The predicted octanol–water partition coefficient (Wildman–Crippen LogP) is 5.26. The summed E-state index contributed by atoms with van der Waals surface area (Å²) >= 11 is 3.56. The van der Waals surface area contributed by atoms with Gasteiger partial charge in [-0.2, -0.15) is 0 Å². The van der Waals surface area contributed by atoms with Crippen LogP contribution in [0.4, 0.5) is 0 Å². The molecule has 20 heavy (non-hydrogen) atoms. The molecule has 2 heteroatoms. The molecule has 1 aliphatic heterocycles. The normalized spacial score (nSPS) is 26.9. The second-order valence-electron chi connectivity index (χ2n) is 6.69. The van der Waals surface area contributed by atoms with Crippen molar-refractivity contribution in [2.24, 2.45) is 5.41 Å². The molecular formula is C18H26BrN. The number of piperidine rings is 1. The summed E-state index contributed by atoms with van der Waals surface area (Å²) in [5.74, 6) is 0.711. The standard InChI is InChI=1S/C18H26BrN/c19-16-8-6-15(7-9-16)17-14-20-13-12-18(17)10-4-2-1-3-5-11-18/h6-9,17,20H,1-5,10-14H2. The van der Waals surface area contributed by atoms with Gasteiger partial charge < -0.3 is 5.32 Å². The summed E-state index contributed by atoms with van der Waals surface area (Å²) in [6, 6.07) is 9.09. The zero-order valence-electron chi connectivity index (χ0n) is 12.3. The molecule has 1 nitrogen and oxygen atoms in total. The Hall–Kier alpha value is -0.340. The molecule has 2 aliphatic rings. The van der Waals surface area contributed by atoms with Crippen molar-refractivity contribution in [2.75, 3.05) is 13.1 Å². The van der Waals surface area contributed by atoms with Gasteiger partial charge in [-0.05, 0) is 48.9 Å². The Morgan fingerprint density at radius 3 is 2.25 bits per heavy atom. The molecule has 110 valence electrons. The Kier molecular flexibility index (Phi) is 4.83. The van der Waals surface area contributed by atoms with Gasteiger partial charge in [0.1, 0.15) is 0 Å². The highest BCUT2D eigenvalue weighted by Gasteiger charge is 2.40. The van der Waals surface area contributed by atoms with Crippen LogP contribution in [-0.2, 0) is 0 Å². The summed E-state index contributed by atoms with van der Waals surface area (Å²) in [4.78, 5) is 0. The summed E-state index contributed by atoms with van der Waals surface area (Å²) in [7, 11) is 0. The van der Waals surface area contributed by atoms with Gasteiger partial charge >= 0.3 is 0 Å². The minimum Gasteiger partial charge on any atom is -0.316 e. The molecule has 0 radical (unpaired) electrons. The maximum atomic E-state index is 3.64. The average Bonchev–Trinajstić information content (AvgIpc) is 2.45. The Morgan fingerprint density at radius 2 is 1.55 bits per heavy atom. The molecule has 1 N–H and O–H groups in total. The van der Waals surface area contributed by atoms with Crippen molar-refractivity contribution in [2.45, 2.75) is 57.3 Å².